The molecule has 8 nitrogen and oxygen atoms in total. The van der Waals surface area contributed by atoms with Gasteiger partial charge in [-0.15, -0.1) is 0 Å². The summed E-state index contributed by atoms with van der Waals surface area (Å²) in [5, 5.41) is 11.8. The van der Waals surface area contributed by atoms with Crippen molar-refractivity contribution in [3.63, 3.8) is 0 Å². The number of hydroxylamine groups is 2. The van der Waals surface area contributed by atoms with Crippen LogP contribution in [-0.4, -0.2) is 48.4 Å². The van der Waals surface area contributed by atoms with Crippen LogP contribution in [0.2, 0.25) is 0 Å². The number of carboxylic acids is 1. The van der Waals surface area contributed by atoms with E-state index in [-0.39, 0.29) is 23.8 Å². The Morgan fingerprint density at radius 1 is 1.00 bits per heavy atom. The molecule has 0 bridgehead atoms. The molecule has 0 heterocycles. The Hall–Kier alpha value is -4.24. The molecule has 4 rings (SSSR count). The van der Waals surface area contributed by atoms with Crippen LogP contribution in [0.4, 0.5) is 14.9 Å². The number of anilines is 1. The molecule has 1 aliphatic carbocycles. The number of nitrogens with one attached hydrogen (secondary N) is 1. The highest BCUT2D eigenvalue weighted by Crippen LogP contribution is 2.44. The van der Waals surface area contributed by atoms with Crippen LogP contribution in [0.1, 0.15) is 27.4 Å². The van der Waals surface area contributed by atoms with Gasteiger partial charge in [-0.1, -0.05) is 48.5 Å². The third-order valence-corrected chi connectivity index (χ3v) is 5.46. The van der Waals surface area contributed by atoms with Crippen molar-refractivity contribution < 1.29 is 33.5 Å². The summed E-state index contributed by atoms with van der Waals surface area (Å²) in [7, 11) is 1.19. The Kier molecular flexibility index (Phi) is 6.55. The molecular formula is C25H21FN2O6. The van der Waals surface area contributed by atoms with E-state index in [0.717, 1.165) is 34.4 Å². The Balaban J connectivity index is 1.47. The fourth-order valence-corrected chi connectivity index (χ4v) is 3.93. The van der Waals surface area contributed by atoms with E-state index in [1.807, 2.05) is 48.5 Å². The Morgan fingerprint density at radius 3 is 2.24 bits per heavy atom. The van der Waals surface area contributed by atoms with Crippen LogP contribution < -0.4 is 5.32 Å². The number of carboxylic acid groups (broad SMARTS) is 1. The lowest BCUT2D eigenvalue weighted by molar-refractivity contribution is -0.159. The summed E-state index contributed by atoms with van der Waals surface area (Å²) in [6, 6.07) is 19.0. The van der Waals surface area contributed by atoms with Crippen LogP contribution in [-0.2, 0) is 14.4 Å². The number of amides is 2. The molecule has 0 aromatic heterocycles. The maximum atomic E-state index is 13.8. The molecule has 9 heteroatoms. The molecule has 0 aliphatic heterocycles. The highest BCUT2D eigenvalue weighted by molar-refractivity contribution is 6.02. The molecular weight excluding hydrogens is 443 g/mol. The Labute approximate surface area is 194 Å². The number of carbonyl (C=O) groups excluding carboxylic acids is 2. The van der Waals surface area contributed by atoms with Gasteiger partial charge in [0.15, 0.2) is 6.61 Å². The van der Waals surface area contributed by atoms with Crippen molar-refractivity contribution in [2.75, 3.05) is 25.6 Å². The number of rotatable bonds is 7. The molecule has 0 saturated heterocycles. The Morgan fingerprint density at radius 2 is 1.62 bits per heavy atom. The molecule has 3 aromatic rings. The summed E-state index contributed by atoms with van der Waals surface area (Å²) in [5.41, 5.74) is 4.04. The quantitative estimate of drug-likeness (QED) is 0.506. The number of carbonyl (C=O) groups is 3. The number of aliphatic carboxylic acids is 1. The standard InChI is InChI=1S/C25H21FN2O6/c1-28(34-14-23(29)30)24(31)20-12-15(26)10-11-22(20)27-25(32)33-13-21-18-8-4-2-6-16(18)17-7-3-5-9-19(17)21/h2-12,21H,13-14H2,1H3,(H,27,32)(H,29,30). The van der Waals surface area contributed by atoms with Crippen LogP contribution in [0.25, 0.3) is 11.1 Å². The van der Waals surface area contributed by atoms with Crippen molar-refractivity contribution in [1.29, 1.82) is 0 Å². The van der Waals surface area contributed by atoms with Gasteiger partial charge < -0.3 is 9.84 Å². The highest BCUT2D eigenvalue weighted by atomic mass is 19.1. The zero-order chi connectivity index (χ0) is 24.2. The lowest BCUT2D eigenvalue weighted by atomic mass is 9.98. The maximum Gasteiger partial charge on any atom is 0.411 e. The van der Waals surface area contributed by atoms with Crippen LogP contribution in [0.5, 0.6) is 0 Å². The van der Waals surface area contributed by atoms with E-state index in [0.29, 0.717) is 5.06 Å². The lowest BCUT2D eigenvalue weighted by Crippen LogP contribution is -2.30. The molecule has 2 amide bonds. The van der Waals surface area contributed by atoms with Crippen molar-refractivity contribution in [3.05, 3.63) is 89.2 Å². The average molecular weight is 464 g/mol. The number of ether oxygens (including phenoxy) is 1. The monoisotopic (exact) mass is 464 g/mol. The summed E-state index contributed by atoms with van der Waals surface area (Å²) in [5.74, 6) is -2.98. The molecule has 0 fully saturated rings. The number of benzene rings is 3. The molecule has 0 radical (unpaired) electrons. The second kappa shape index (κ2) is 9.72. The van der Waals surface area contributed by atoms with Gasteiger partial charge in [-0.25, -0.2) is 19.0 Å². The second-order valence-electron chi connectivity index (χ2n) is 7.61. The summed E-state index contributed by atoms with van der Waals surface area (Å²) < 4.78 is 19.3. The molecule has 34 heavy (non-hydrogen) atoms. The van der Waals surface area contributed by atoms with Gasteiger partial charge in [0.05, 0.1) is 11.3 Å². The number of fused-ring (bicyclic) bond motifs is 3. The molecule has 0 unspecified atom stereocenters. The topological polar surface area (TPSA) is 105 Å². The van der Waals surface area contributed by atoms with E-state index < -0.39 is 30.4 Å². The van der Waals surface area contributed by atoms with Crippen molar-refractivity contribution in [3.8, 4) is 11.1 Å². The first kappa shape index (κ1) is 22.9. The van der Waals surface area contributed by atoms with Crippen LogP contribution in [0.15, 0.2) is 66.7 Å². The van der Waals surface area contributed by atoms with Gasteiger partial charge in [0.2, 0.25) is 0 Å². The minimum absolute atomic E-state index is 0.00519. The zero-order valence-corrected chi connectivity index (χ0v) is 18.2. The zero-order valence-electron chi connectivity index (χ0n) is 18.2. The van der Waals surface area contributed by atoms with Crippen molar-refractivity contribution >= 4 is 23.7 Å². The van der Waals surface area contributed by atoms with Gasteiger partial charge in [-0.2, -0.15) is 0 Å². The van der Waals surface area contributed by atoms with Gasteiger partial charge in [-0.05, 0) is 40.5 Å². The number of hydrogen-bond acceptors (Lipinski definition) is 5. The minimum Gasteiger partial charge on any atom is -0.479 e. The van der Waals surface area contributed by atoms with Crippen molar-refractivity contribution in [2.24, 2.45) is 0 Å². The fourth-order valence-electron chi connectivity index (χ4n) is 3.93. The van der Waals surface area contributed by atoms with Crippen molar-refractivity contribution in [1.82, 2.24) is 5.06 Å². The van der Waals surface area contributed by atoms with E-state index in [2.05, 4.69) is 5.32 Å². The van der Waals surface area contributed by atoms with E-state index in [1.165, 1.54) is 13.1 Å². The largest absolute Gasteiger partial charge is 0.479 e. The predicted octanol–water partition coefficient (Wildman–Crippen LogP) is 4.27. The molecule has 0 atom stereocenters. The van der Waals surface area contributed by atoms with Crippen LogP contribution in [0, 0.1) is 5.82 Å². The first-order chi connectivity index (χ1) is 16.3. The van der Waals surface area contributed by atoms with Gasteiger partial charge >= 0.3 is 12.1 Å². The number of nitrogens with zero attached hydrogens (tertiary/aromatic N) is 1. The summed E-state index contributed by atoms with van der Waals surface area (Å²) >= 11 is 0. The van der Waals surface area contributed by atoms with E-state index in [4.69, 9.17) is 14.7 Å². The van der Waals surface area contributed by atoms with Crippen molar-refractivity contribution in [2.45, 2.75) is 5.92 Å². The molecule has 3 aromatic carbocycles. The predicted molar refractivity (Wildman–Crippen MR) is 121 cm³/mol. The van der Waals surface area contributed by atoms with E-state index >= 15 is 0 Å². The van der Waals surface area contributed by atoms with Gasteiger partial charge in [0, 0.05) is 13.0 Å². The van der Waals surface area contributed by atoms with Crippen LogP contribution >= 0.6 is 0 Å². The lowest BCUT2D eigenvalue weighted by Gasteiger charge is -2.18. The number of hydrogen-bond donors (Lipinski definition) is 2. The maximum absolute atomic E-state index is 13.8. The smallest absolute Gasteiger partial charge is 0.411 e. The van der Waals surface area contributed by atoms with Crippen LogP contribution in [0.3, 0.4) is 0 Å². The summed E-state index contributed by atoms with van der Waals surface area (Å²) in [6.45, 7) is -0.696. The normalized spacial score (nSPS) is 11.9. The Bertz CT molecular complexity index is 1220. The second-order valence-corrected chi connectivity index (χ2v) is 7.61. The molecule has 0 saturated carbocycles. The average Bonchev–Trinajstić information content (AvgIpc) is 3.15. The van der Waals surface area contributed by atoms with E-state index in [1.54, 1.807) is 0 Å². The molecule has 2 N–H and O–H groups in total. The number of halogens is 1. The van der Waals surface area contributed by atoms with Gasteiger partial charge in [-0.3, -0.25) is 14.9 Å². The fraction of sp³-hybridized carbons (Fsp3) is 0.160. The molecule has 174 valence electrons. The highest BCUT2D eigenvalue weighted by Gasteiger charge is 2.29. The summed E-state index contributed by atoms with van der Waals surface area (Å²) in [6.07, 6.45) is -0.823. The van der Waals surface area contributed by atoms with Gasteiger partial charge in [0.1, 0.15) is 12.4 Å². The third kappa shape index (κ3) is 4.74. The third-order valence-electron chi connectivity index (χ3n) is 5.46. The minimum atomic E-state index is -1.28. The molecule has 1 aliphatic rings. The summed E-state index contributed by atoms with van der Waals surface area (Å²) in [4.78, 5) is 40.7. The SMILES string of the molecule is CN(OCC(=O)O)C(=O)c1cc(F)ccc1NC(=O)OCC1c2ccccc2-c2ccccc21. The van der Waals surface area contributed by atoms with E-state index in [9.17, 15) is 18.8 Å². The first-order valence-electron chi connectivity index (χ1n) is 10.4. The first-order valence-corrected chi connectivity index (χ1v) is 10.4. The van der Waals surface area contributed by atoms with Gasteiger partial charge in [0.25, 0.3) is 5.91 Å². The molecule has 0 spiro atoms.